The second kappa shape index (κ2) is 13.3. The third kappa shape index (κ3) is 6.58. The van der Waals surface area contributed by atoms with E-state index in [0.717, 1.165) is 32.5 Å². The van der Waals surface area contributed by atoms with Crippen molar-refractivity contribution in [1.82, 2.24) is 9.80 Å². The highest BCUT2D eigenvalue weighted by atomic mass is 15.1. The molecule has 0 radical (unpaired) electrons. The number of nitrogens with zero attached hydrogens (tertiary/aromatic N) is 3. The summed E-state index contributed by atoms with van der Waals surface area (Å²) in [7, 11) is 8.72. The van der Waals surface area contributed by atoms with Gasteiger partial charge >= 0.3 is 0 Å². The van der Waals surface area contributed by atoms with E-state index < -0.39 is 0 Å². The molecular formula is C38H51N3. The predicted octanol–water partition coefficient (Wildman–Crippen LogP) is 8.46. The maximum absolute atomic E-state index is 5.52. The van der Waals surface area contributed by atoms with Crippen LogP contribution < -0.4 is 0 Å². The van der Waals surface area contributed by atoms with E-state index in [9.17, 15) is 0 Å². The molecule has 0 bridgehead atoms. The van der Waals surface area contributed by atoms with Crippen LogP contribution >= 0.6 is 0 Å². The number of hydrogen-bond acceptors (Lipinski definition) is 3. The zero-order valence-electron chi connectivity index (χ0n) is 26.7. The highest BCUT2D eigenvalue weighted by molar-refractivity contribution is 5.91. The van der Waals surface area contributed by atoms with E-state index in [0.29, 0.717) is 11.8 Å². The van der Waals surface area contributed by atoms with E-state index in [1.165, 1.54) is 32.7 Å². The Labute approximate surface area is 249 Å². The molecule has 4 aromatic carbocycles. The van der Waals surface area contributed by atoms with Gasteiger partial charge in [-0.2, -0.15) is 0 Å². The molecule has 3 nitrogen and oxygen atoms in total. The first kappa shape index (κ1) is 30.9. The standard InChI is InChI=1S/C38H51N3/c1-29(2)37(23-25-40(5)6,35-21-13-17-31-15-9-11-19-33(31)35)27-39-28-38(30(3)4,24-26-41(7)8)36-22-14-18-32-16-10-12-20-34(32)36/h9-22,27,29-30H,23-26,28H2,1-8H3. The van der Waals surface area contributed by atoms with Crippen molar-refractivity contribution in [2.45, 2.75) is 51.4 Å². The molecule has 0 aliphatic carbocycles. The Morgan fingerprint density at radius 3 is 1.63 bits per heavy atom. The zero-order valence-corrected chi connectivity index (χ0v) is 26.7. The van der Waals surface area contributed by atoms with Crippen LogP contribution in [0.2, 0.25) is 0 Å². The quantitative estimate of drug-likeness (QED) is 0.156. The summed E-state index contributed by atoms with van der Waals surface area (Å²) in [5, 5.41) is 5.30. The molecule has 0 aromatic heterocycles. The van der Waals surface area contributed by atoms with Gasteiger partial charge in [-0.3, -0.25) is 4.99 Å². The van der Waals surface area contributed by atoms with E-state index >= 15 is 0 Å². The third-order valence-electron chi connectivity index (χ3n) is 9.43. The molecule has 4 rings (SSSR count). The minimum atomic E-state index is -0.172. The van der Waals surface area contributed by atoms with Crippen molar-refractivity contribution in [3.8, 4) is 0 Å². The molecule has 0 aliphatic rings. The topological polar surface area (TPSA) is 18.8 Å². The van der Waals surface area contributed by atoms with Crippen LogP contribution in [0.4, 0.5) is 0 Å². The Balaban J connectivity index is 1.87. The summed E-state index contributed by atoms with van der Waals surface area (Å²) in [4.78, 5) is 10.1. The Morgan fingerprint density at radius 2 is 1.10 bits per heavy atom. The van der Waals surface area contributed by atoms with E-state index in [1.807, 2.05) is 0 Å². The third-order valence-corrected chi connectivity index (χ3v) is 9.43. The normalized spacial score (nSPS) is 15.5. The predicted molar refractivity (Wildman–Crippen MR) is 181 cm³/mol. The zero-order chi connectivity index (χ0) is 29.6. The first-order chi connectivity index (χ1) is 19.6. The largest absolute Gasteiger partial charge is 0.309 e. The number of aliphatic imine (C=N–C) groups is 1. The first-order valence-electron chi connectivity index (χ1n) is 15.4. The number of benzene rings is 4. The molecule has 0 spiro atoms. The molecule has 0 amide bonds. The van der Waals surface area contributed by atoms with Crippen molar-refractivity contribution < 1.29 is 0 Å². The Morgan fingerprint density at radius 1 is 0.610 bits per heavy atom. The number of hydrogen-bond donors (Lipinski definition) is 0. The van der Waals surface area contributed by atoms with Gasteiger partial charge in [0, 0.05) is 23.6 Å². The molecule has 0 saturated carbocycles. The molecule has 41 heavy (non-hydrogen) atoms. The first-order valence-corrected chi connectivity index (χ1v) is 15.4. The lowest BCUT2D eigenvalue weighted by Crippen LogP contribution is -2.41. The molecule has 0 N–H and O–H groups in total. The lowest BCUT2D eigenvalue weighted by Gasteiger charge is -2.40. The molecule has 0 saturated heterocycles. The van der Waals surface area contributed by atoms with Crippen molar-refractivity contribution in [2.24, 2.45) is 16.8 Å². The van der Waals surface area contributed by atoms with Crippen LogP contribution in [-0.4, -0.2) is 63.8 Å². The van der Waals surface area contributed by atoms with Gasteiger partial charge in [-0.15, -0.1) is 0 Å². The second-order valence-corrected chi connectivity index (χ2v) is 13.1. The van der Waals surface area contributed by atoms with Crippen LogP contribution in [0.5, 0.6) is 0 Å². The number of rotatable bonds is 13. The lowest BCUT2D eigenvalue weighted by atomic mass is 9.67. The summed E-state index contributed by atoms with van der Waals surface area (Å²) < 4.78 is 0. The van der Waals surface area contributed by atoms with Gasteiger partial charge in [0.05, 0.1) is 0 Å². The fraction of sp³-hybridized carbons (Fsp3) is 0.447. The maximum atomic E-state index is 5.52. The number of fused-ring (bicyclic) bond motifs is 2. The summed E-state index contributed by atoms with van der Waals surface area (Å²) in [6, 6.07) is 31.3. The fourth-order valence-electron chi connectivity index (χ4n) is 6.59. The molecule has 4 aromatic rings. The van der Waals surface area contributed by atoms with Gasteiger partial charge in [-0.1, -0.05) is 113 Å². The van der Waals surface area contributed by atoms with E-state index in [4.69, 9.17) is 4.99 Å². The monoisotopic (exact) mass is 549 g/mol. The highest BCUT2D eigenvalue weighted by Crippen LogP contribution is 2.42. The van der Waals surface area contributed by atoms with Crippen molar-refractivity contribution in [3.05, 3.63) is 96.1 Å². The van der Waals surface area contributed by atoms with Crippen LogP contribution in [0.3, 0.4) is 0 Å². The maximum Gasteiger partial charge on any atom is 0.0485 e. The van der Waals surface area contributed by atoms with Gasteiger partial charge < -0.3 is 9.80 Å². The summed E-state index contributed by atoms with van der Waals surface area (Å²) in [6.07, 6.45) is 4.44. The average molecular weight is 550 g/mol. The van der Waals surface area contributed by atoms with Gasteiger partial charge in [0.2, 0.25) is 0 Å². The van der Waals surface area contributed by atoms with Crippen molar-refractivity contribution in [1.29, 1.82) is 0 Å². The summed E-state index contributed by atoms with van der Waals surface area (Å²) in [6.45, 7) is 12.3. The van der Waals surface area contributed by atoms with E-state index in [-0.39, 0.29) is 10.8 Å². The fourth-order valence-corrected chi connectivity index (χ4v) is 6.59. The molecule has 218 valence electrons. The molecular weight excluding hydrogens is 498 g/mol. The molecule has 0 fully saturated rings. The van der Waals surface area contributed by atoms with Crippen LogP contribution in [0.25, 0.3) is 21.5 Å². The van der Waals surface area contributed by atoms with E-state index in [1.54, 1.807) is 0 Å². The Bertz CT molecular complexity index is 1440. The Kier molecular flexibility index (Phi) is 10.0. The lowest BCUT2D eigenvalue weighted by molar-refractivity contribution is 0.254. The minimum absolute atomic E-state index is 0.0787. The van der Waals surface area contributed by atoms with Gasteiger partial charge in [-0.05, 0) is 98.6 Å². The van der Waals surface area contributed by atoms with Crippen LogP contribution in [-0.2, 0) is 10.8 Å². The van der Waals surface area contributed by atoms with Gasteiger partial charge in [0.25, 0.3) is 0 Å². The Hall–Kier alpha value is -3.01. The second-order valence-electron chi connectivity index (χ2n) is 13.1. The van der Waals surface area contributed by atoms with Gasteiger partial charge in [0.1, 0.15) is 0 Å². The van der Waals surface area contributed by atoms with Crippen molar-refractivity contribution in [3.63, 3.8) is 0 Å². The van der Waals surface area contributed by atoms with E-state index in [2.05, 4.69) is 157 Å². The molecule has 0 aliphatic heterocycles. The van der Waals surface area contributed by atoms with Gasteiger partial charge in [-0.25, -0.2) is 0 Å². The highest BCUT2D eigenvalue weighted by Gasteiger charge is 2.39. The molecule has 2 atom stereocenters. The SMILES string of the molecule is CC(C)C(C=NCC(CCN(C)C)(c1cccc2ccccc12)C(C)C)(CCN(C)C)c1cccc2ccccc12. The molecule has 0 heterocycles. The molecule has 3 heteroatoms. The van der Waals surface area contributed by atoms with Crippen LogP contribution in [0, 0.1) is 11.8 Å². The smallest absolute Gasteiger partial charge is 0.0485 e. The average Bonchev–Trinajstić information content (AvgIpc) is 2.95. The van der Waals surface area contributed by atoms with Crippen LogP contribution in [0.15, 0.2) is 89.9 Å². The molecule has 2 unspecified atom stereocenters. The van der Waals surface area contributed by atoms with Crippen molar-refractivity contribution >= 4 is 27.8 Å². The van der Waals surface area contributed by atoms with Crippen LogP contribution in [0.1, 0.15) is 51.7 Å². The minimum Gasteiger partial charge on any atom is -0.309 e. The summed E-state index contributed by atoms with van der Waals surface area (Å²) >= 11 is 0. The van der Waals surface area contributed by atoms with Crippen molar-refractivity contribution in [2.75, 3.05) is 47.8 Å². The summed E-state index contributed by atoms with van der Waals surface area (Å²) in [5.41, 5.74) is 2.57. The summed E-state index contributed by atoms with van der Waals surface area (Å²) in [5.74, 6) is 0.822. The van der Waals surface area contributed by atoms with Gasteiger partial charge in [0.15, 0.2) is 0 Å².